The molecular formula is C34H47NO2. The predicted molar refractivity (Wildman–Crippen MR) is 159 cm³/mol. The summed E-state index contributed by atoms with van der Waals surface area (Å²) < 4.78 is 0. The molecule has 3 aromatic rings. The lowest BCUT2D eigenvalue weighted by Gasteiger charge is -2.34. The molecule has 0 aliphatic carbocycles. The summed E-state index contributed by atoms with van der Waals surface area (Å²) >= 11 is 0. The van der Waals surface area contributed by atoms with Crippen LogP contribution in [0.4, 0.5) is 17.1 Å². The maximum atomic E-state index is 11.4. The molecule has 0 heterocycles. The predicted octanol–water partition coefficient (Wildman–Crippen LogP) is 9.76. The summed E-state index contributed by atoms with van der Waals surface area (Å²) in [6, 6.07) is 18.8. The van der Waals surface area contributed by atoms with Gasteiger partial charge in [0.2, 0.25) is 0 Å². The quantitative estimate of drug-likeness (QED) is 0.375. The van der Waals surface area contributed by atoms with Crippen molar-refractivity contribution in [3.05, 3.63) is 76.9 Å². The SMILES string of the molecule is CC(C)(C)c1cc(N(c2ccccc2)c2cc(C(C)(C)C)c(O)c(C(C)(C)C)c2)cc(C(C)(C)C)c1O. The van der Waals surface area contributed by atoms with Gasteiger partial charge >= 0.3 is 0 Å². The molecule has 0 aromatic heterocycles. The minimum Gasteiger partial charge on any atom is -0.507 e. The van der Waals surface area contributed by atoms with Crippen LogP contribution in [0.5, 0.6) is 11.5 Å². The maximum Gasteiger partial charge on any atom is 0.123 e. The van der Waals surface area contributed by atoms with Crippen LogP contribution in [0.15, 0.2) is 54.6 Å². The van der Waals surface area contributed by atoms with Crippen molar-refractivity contribution in [2.24, 2.45) is 0 Å². The van der Waals surface area contributed by atoms with Gasteiger partial charge < -0.3 is 15.1 Å². The Morgan fingerprint density at radius 1 is 0.432 bits per heavy atom. The van der Waals surface area contributed by atoms with Crippen molar-refractivity contribution in [1.82, 2.24) is 0 Å². The molecule has 0 spiro atoms. The third-order valence-corrected chi connectivity index (χ3v) is 6.95. The standard InChI is InChI=1S/C34H47NO2/c1-31(2,3)25-18-23(19-26(29(25)36)32(4,5)6)35(22-16-14-13-15-17-22)24-20-27(33(7,8)9)30(37)28(21-24)34(10,11)12/h13-21,36-37H,1-12H3. The number of phenolic OH excluding ortho intramolecular Hbond substituents is 2. The monoisotopic (exact) mass is 501 g/mol. The molecule has 37 heavy (non-hydrogen) atoms. The zero-order valence-electron chi connectivity index (χ0n) is 25.0. The molecule has 2 N–H and O–H groups in total. The van der Waals surface area contributed by atoms with Crippen molar-refractivity contribution in [3.8, 4) is 11.5 Å². The number of benzene rings is 3. The van der Waals surface area contributed by atoms with E-state index in [1.165, 1.54) is 0 Å². The Morgan fingerprint density at radius 2 is 0.703 bits per heavy atom. The molecule has 0 atom stereocenters. The minimum atomic E-state index is -0.245. The van der Waals surface area contributed by atoms with E-state index in [4.69, 9.17) is 0 Å². The van der Waals surface area contributed by atoms with Crippen molar-refractivity contribution in [1.29, 1.82) is 0 Å². The van der Waals surface area contributed by atoms with E-state index < -0.39 is 0 Å². The first-order valence-corrected chi connectivity index (χ1v) is 13.3. The van der Waals surface area contributed by atoms with Crippen LogP contribution in [0.1, 0.15) is 105 Å². The average molecular weight is 502 g/mol. The Bertz CT molecular complexity index is 1110. The third-order valence-electron chi connectivity index (χ3n) is 6.95. The number of hydrogen-bond acceptors (Lipinski definition) is 3. The van der Waals surface area contributed by atoms with Gasteiger partial charge in [0, 0.05) is 39.3 Å². The van der Waals surface area contributed by atoms with E-state index in [-0.39, 0.29) is 21.7 Å². The molecule has 200 valence electrons. The normalized spacial score (nSPS) is 13.1. The topological polar surface area (TPSA) is 43.7 Å². The Kier molecular flexibility index (Phi) is 7.29. The first kappa shape index (κ1) is 28.6. The molecule has 3 aromatic carbocycles. The fourth-order valence-corrected chi connectivity index (χ4v) is 4.81. The fraction of sp³-hybridized carbons (Fsp3) is 0.471. The second-order valence-electron chi connectivity index (χ2n) is 14.4. The zero-order chi connectivity index (χ0) is 28.1. The van der Waals surface area contributed by atoms with Gasteiger partial charge in [0.05, 0.1) is 0 Å². The largest absolute Gasteiger partial charge is 0.507 e. The summed E-state index contributed by atoms with van der Waals surface area (Å²) in [4.78, 5) is 2.26. The van der Waals surface area contributed by atoms with Gasteiger partial charge in [-0.05, 0) is 58.1 Å². The molecule has 3 heteroatoms. The summed E-state index contributed by atoms with van der Waals surface area (Å²) in [6.45, 7) is 25.7. The van der Waals surface area contributed by atoms with Gasteiger partial charge in [-0.25, -0.2) is 0 Å². The molecule has 0 radical (unpaired) electrons. The van der Waals surface area contributed by atoms with Gasteiger partial charge in [0.1, 0.15) is 11.5 Å². The molecular weight excluding hydrogens is 454 g/mol. The highest BCUT2D eigenvalue weighted by molar-refractivity contribution is 5.80. The van der Waals surface area contributed by atoms with Crippen molar-refractivity contribution in [2.45, 2.75) is 105 Å². The second-order valence-corrected chi connectivity index (χ2v) is 14.4. The molecule has 0 fully saturated rings. The highest BCUT2D eigenvalue weighted by atomic mass is 16.3. The zero-order valence-corrected chi connectivity index (χ0v) is 25.0. The molecule has 3 rings (SSSR count). The molecule has 0 unspecified atom stereocenters. The van der Waals surface area contributed by atoms with Crippen LogP contribution < -0.4 is 4.90 Å². The van der Waals surface area contributed by atoms with E-state index in [9.17, 15) is 10.2 Å². The van der Waals surface area contributed by atoms with Gasteiger partial charge in [0.15, 0.2) is 0 Å². The molecule has 0 bridgehead atoms. The van der Waals surface area contributed by atoms with Gasteiger partial charge in [-0.15, -0.1) is 0 Å². The summed E-state index contributed by atoms with van der Waals surface area (Å²) in [5, 5.41) is 22.8. The lowest BCUT2D eigenvalue weighted by atomic mass is 9.78. The van der Waals surface area contributed by atoms with E-state index in [0.29, 0.717) is 11.5 Å². The third kappa shape index (κ3) is 5.98. The summed E-state index contributed by atoms with van der Waals surface area (Å²) in [5.41, 5.74) is 5.70. The van der Waals surface area contributed by atoms with Gasteiger partial charge in [-0.1, -0.05) is 101 Å². The van der Waals surface area contributed by atoms with E-state index in [0.717, 1.165) is 39.3 Å². The van der Waals surface area contributed by atoms with Crippen LogP contribution in [0.2, 0.25) is 0 Å². The van der Waals surface area contributed by atoms with Gasteiger partial charge in [-0.3, -0.25) is 0 Å². The summed E-state index contributed by atoms with van der Waals surface area (Å²) in [5.74, 6) is 0.737. The molecule has 0 saturated heterocycles. The summed E-state index contributed by atoms with van der Waals surface area (Å²) in [6.07, 6.45) is 0. The van der Waals surface area contributed by atoms with Crippen molar-refractivity contribution >= 4 is 17.1 Å². The van der Waals surface area contributed by atoms with Gasteiger partial charge in [0.25, 0.3) is 0 Å². The Labute approximate surface area is 225 Å². The molecule has 0 saturated carbocycles. The lowest BCUT2D eigenvalue weighted by Crippen LogP contribution is -2.21. The molecule has 3 nitrogen and oxygen atoms in total. The Hall–Kier alpha value is -2.94. The lowest BCUT2D eigenvalue weighted by molar-refractivity contribution is 0.423. The van der Waals surface area contributed by atoms with Crippen LogP contribution >= 0.6 is 0 Å². The first-order chi connectivity index (χ1) is 16.7. The van der Waals surface area contributed by atoms with E-state index in [2.05, 4.69) is 124 Å². The molecule has 0 aliphatic rings. The van der Waals surface area contributed by atoms with E-state index in [1.807, 2.05) is 18.2 Å². The van der Waals surface area contributed by atoms with Crippen molar-refractivity contribution in [3.63, 3.8) is 0 Å². The first-order valence-electron chi connectivity index (χ1n) is 13.3. The molecule has 0 amide bonds. The Morgan fingerprint density at radius 3 is 0.946 bits per heavy atom. The van der Waals surface area contributed by atoms with Crippen molar-refractivity contribution in [2.75, 3.05) is 4.90 Å². The number of rotatable bonds is 3. The van der Waals surface area contributed by atoms with Crippen LogP contribution in [-0.4, -0.2) is 10.2 Å². The number of phenols is 2. The van der Waals surface area contributed by atoms with Crippen molar-refractivity contribution < 1.29 is 10.2 Å². The average Bonchev–Trinajstić information content (AvgIpc) is 2.73. The summed E-state index contributed by atoms with van der Waals surface area (Å²) in [7, 11) is 0. The second kappa shape index (κ2) is 9.42. The van der Waals surface area contributed by atoms with E-state index >= 15 is 0 Å². The van der Waals surface area contributed by atoms with Gasteiger partial charge in [-0.2, -0.15) is 0 Å². The highest BCUT2D eigenvalue weighted by Gasteiger charge is 2.31. The minimum absolute atomic E-state index is 0.245. The van der Waals surface area contributed by atoms with Crippen LogP contribution in [-0.2, 0) is 21.7 Å². The molecule has 0 aliphatic heterocycles. The van der Waals surface area contributed by atoms with Crippen LogP contribution in [0.3, 0.4) is 0 Å². The highest BCUT2D eigenvalue weighted by Crippen LogP contribution is 2.48. The van der Waals surface area contributed by atoms with Crippen LogP contribution in [0, 0.1) is 0 Å². The maximum absolute atomic E-state index is 11.4. The smallest absolute Gasteiger partial charge is 0.123 e. The van der Waals surface area contributed by atoms with E-state index in [1.54, 1.807) is 0 Å². The number of aromatic hydroxyl groups is 2. The van der Waals surface area contributed by atoms with Crippen LogP contribution in [0.25, 0.3) is 0 Å². The number of anilines is 3. The number of nitrogens with zero attached hydrogens (tertiary/aromatic N) is 1. The number of hydrogen-bond donors (Lipinski definition) is 2. The fourth-order valence-electron chi connectivity index (χ4n) is 4.81. The number of para-hydroxylation sites is 1. The Balaban J connectivity index is 2.49.